The highest BCUT2D eigenvalue weighted by atomic mass is 35.5. The monoisotopic (exact) mass is 310 g/mol. The van der Waals surface area contributed by atoms with Gasteiger partial charge in [-0.2, -0.15) is 0 Å². The van der Waals surface area contributed by atoms with Crippen molar-refractivity contribution in [3.8, 4) is 0 Å². The van der Waals surface area contributed by atoms with Gasteiger partial charge >= 0.3 is 0 Å². The van der Waals surface area contributed by atoms with Crippen molar-refractivity contribution < 1.29 is 4.79 Å². The first kappa shape index (κ1) is 14.7. The molecule has 0 aromatic carbocycles. The molecule has 2 rings (SSSR count). The van der Waals surface area contributed by atoms with Gasteiger partial charge < -0.3 is 10.6 Å². The summed E-state index contributed by atoms with van der Waals surface area (Å²) in [6.45, 7) is 3.22. The summed E-state index contributed by atoms with van der Waals surface area (Å²) in [5, 5.41) is 8.20. The number of amides is 1. The number of nitrogens with zero attached hydrogens (tertiary/aromatic N) is 2. The van der Waals surface area contributed by atoms with Gasteiger partial charge in [0.2, 0.25) is 0 Å². The van der Waals surface area contributed by atoms with Gasteiger partial charge in [0, 0.05) is 31.1 Å². The van der Waals surface area contributed by atoms with Crippen LogP contribution >= 0.6 is 22.9 Å². The van der Waals surface area contributed by atoms with Crippen molar-refractivity contribution >= 4 is 34.7 Å². The number of rotatable bonds is 6. The van der Waals surface area contributed by atoms with Crippen LogP contribution in [-0.4, -0.2) is 29.0 Å². The molecule has 5 nitrogen and oxygen atoms in total. The molecule has 0 aliphatic heterocycles. The Hall–Kier alpha value is -1.66. The summed E-state index contributed by atoms with van der Waals surface area (Å²) >= 11 is 7.55. The molecule has 0 radical (unpaired) electrons. The Morgan fingerprint density at radius 3 is 3.00 bits per heavy atom. The van der Waals surface area contributed by atoms with E-state index in [9.17, 15) is 4.79 Å². The molecule has 1 amide bonds. The Morgan fingerprint density at radius 2 is 2.30 bits per heavy atom. The highest BCUT2D eigenvalue weighted by Crippen LogP contribution is 2.17. The molecule has 106 valence electrons. The molecule has 7 heteroatoms. The fraction of sp³-hybridized carbons (Fsp3) is 0.308. The normalized spacial score (nSPS) is 10.3. The number of carbonyl (C=O) groups is 1. The number of halogens is 1. The molecule has 0 spiro atoms. The van der Waals surface area contributed by atoms with Gasteiger partial charge in [-0.1, -0.05) is 11.6 Å². The summed E-state index contributed by atoms with van der Waals surface area (Å²) in [6, 6.07) is 1.66. The lowest BCUT2D eigenvalue weighted by Gasteiger charge is -2.08. The molecule has 2 aromatic rings. The summed E-state index contributed by atoms with van der Waals surface area (Å²) in [7, 11) is 0. The SMILES string of the molecule is CCNc1cc(C(=O)NCCc2cscn2)c(Cl)cn1. The topological polar surface area (TPSA) is 66.9 Å². The zero-order valence-electron chi connectivity index (χ0n) is 11.0. The van der Waals surface area contributed by atoms with E-state index in [-0.39, 0.29) is 5.91 Å². The van der Waals surface area contributed by atoms with Crippen molar-refractivity contribution in [1.29, 1.82) is 0 Å². The average Bonchev–Trinajstić information content (AvgIpc) is 2.94. The first-order valence-corrected chi connectivity index (χ1v) is 7.57. The van der Waals surface area contributed by atoms with E-state index in [2.05, 4.69) is 20.6 Å². The lowest BCUT2D eigenvalue weighted by molar-refractivity contribution is 0.0954. The van der Waals surface area contributed by atoms with Crippen LogP contribution in [0.15, 0.2) is 23.2 Å². The Morgan fingerprint density at radius 1 is 1.45 bits per heavy atom. The summed E-state index contributed by atoms with van der Waals surface area (Å²) in [4.78, 5) is 20.3. The lowest BCUT2D eigenvalue weighted by Crippen LogP contribution is -2.26. The van der Waals surface area contributed by atoms with Crippen LogP contribution in [0.3, 0.4) is 0 Å². The van der Waals surface area contributed by atoms with E-state index in [0.29, 0.717) is 29.4 Å². The highest BCUT2D eigenvalue weighted by molar-refractivity contribution is 7.07. The Kier molecular flexibility index (Phi) is 5.31. The number of anilines is 1. The van der Waals surface area contributed by atoms with Crippen molar-refractivity contribution in [2.24, 2.45) is 0 Å². The van der Waals surface area contributed by atoms with Gasteiger partial charge in [-0.05, 0) is 13.0 Å². The minimum absolute atomic E-state index is 0.202. The van der Waals surface area contributed by atoms with Gasteiger partial charge in [0.15, 0.2) is 0 Å². The molecule has 0 fully saturated rings. The number of pyridine rings is 1. The van der Waals surface area contributed by atoms with E-state index in [1.807, 2.05) is 12.3 Å². The molecular weight excluding hydrogens is 296 g/mol. The number of thiazole rings is 1. The largest absolute Gasteiger partial charge is 0.370 e. The maximum absolute atomic E-state index is 12.1. The minimum Gasteiger partial charge on any atom is -0.370 e. The molecule has 0 atom stereocenters. The van der Waals surface area contributed by atoms with Gasteiger partial charge in [-0.3, -0.25) is 4.79 Å². The van der Waals surface area contributed by atoms with Crippen molar-refractivity contribution in [3.63, 3.8) is 0 Å². The van der Waals surface area contributed by atoms with Crippen LogP contribution in [0, 0.1) is 0 Å². The van der Waals surface area contributed by atoms with Gasteiger partial charge in [0.05, 0.1) is 21.8 Å². The first-order chi connectivity index (χ1) is 9.70. The van der Waals surface area contributed by atoms with Crippen molar-refractivity contribution in [3.05, 3.63) is 39.4 Å². The Bertz CT molecular complexity index is 574. The predicted octanol–water partition coefficient (Wildman–Crippen LogP) is 2.60. The van der Waals surface area contributed by atoms with Crippen LogP contribution in [0.2, 0.25) is 5.02 Å². The zero-order valence-corrected chi connectivity index (χ0v) is 12.6. The van der Waals surface area contributed by atoms with Gasteiger partial charge in [0.25, 0.3) is 5.91 Å². The number of aromatic nitrogens is 2. The number of carbonyl (C=O) groups excluding carboxylic acids is 1. The van der Waals surface area contributed by atoms with E-state index in [4.69, 9.17) is 11.6 Å². The summed E-state index contributed by atoms with van der Waals surface area (Å²) in [5.41, 5.74) is 3.18. The van der Waals surface area contributed by atoms with E-state index < -0.39 is 0 Å². The first-order valence-electron chi connectivity index (χ1n) is 6.25. The zero-order chi connectivity index (χ0) is 14.4. The molecular formula is C13H15ClN4OS. The lowest BCUT2D eigenvalue weighted by atomic mass is 10.2. The quantitative estimate of drug-likeness (QED) is 0.860. The fourth-order valence-corrected chi connectivity index (χ4v) is 2.43. The van der Waals surface area contributed by atoms with Gasteiger partial charge in [0.1, 0.15) is 5.82 Å². The van der Waals surface area contributed by atoms with E-state index in [1.165, 1.54) is 6.20 Å². The van der Waals surface area contributed by atoms with Gasteiger partial charge in [-0.15, -0.1) is 11.3 Å². The standard InChI is InChI=1S/C13H15ClN4OS/c1-2-15-12-5-10(11(14)6-17-12)13(19)16-4-3-9-7-20-8-18-9/h5-8H,2-4H2,1H3,(H,15,17)(H,16,19). The maximum Gasteiger partial charge on any atom is 0.253 e. The van der Waals surface area contributed by atoms with Crippen LogP contribution in [-0.2, 0) is 6.42 Å². The predicted molar refractivity (Wildman–Crippen MR) is 81.6 cm³/mol. The van der Waals surface area contributed by atoms with Crippen LogP contribution in [0.5, 0.6) is 0 Å². The third-order valence-electron chi connectivity index (χ3n) is 2.61. The summed E-state index contributed by atoms with van der Waals surface area (Å²) < 4.78 is 0. The summed E-state index contributed by atoms with van der Waals surface area (Å²) in [6.07, 6.45) is 2.19. The molecule has 0 bridgehead atoms. The Balaban J connectivity index is 1.95. The minimum atomic E-state index is -0.202. The number of hydrogen-bond acceptors (Lipinski definition) is 5. The van der Waals surface area contributed by atoms with E-state index >= 15 is 0 Å². The molecule has 2 aromatic heterocycles. The molecule has 2 heterocycles. The van der Waals surface area contributed by atoms with E-state index in [1.54, 1.807) is 22.9 Å². The number of nitrogens with one attached hydrogen (secondary N) is 2. The van der Waals surface area contributed by atoms with Crippen LogP contribution < -0.4 is 10.6 Å². The van der Waals surface area contributed by atoms with Crippen LogP contribution in [0.1, 0.15) is 23.0 Å². The van der Waals surface area contributed by atoms with E-state index in [0.717, 1.165) is 12.2 Å². The second-order valence-corrected chi connectivity index (χ2v) is 5.19. The molecule has 0 unspecified atom stereocenters. The number of hydrogen-bond donors (Lipinski definition) is 2. The third-order valence-corrected chi connectivity index (χ3v) is 3.54. The average molecular weight is 311 g/mol. The Labute approximate surface area is 126 Å². The van der Waals surface area contributed by atoms with Crippen LogP contribution in [0.4, 0.5) is 5.82 Å². The second kappa shape index (κ2) is 7.21. The highest BCUT2D eigenvalue weighted by Gasteiger charge is 2.11. The van der Waals surface area contributed by atoms with Crippen molar-refractivity contribution in [2.75, 3.05) is 18.4 Å². The molecule has 20 heavy (non-hydrogen) atoms. The van der Waals surface area contributed by atoms with Crippen molar-refractivity contribution in [1.82, 2.24) is 15.3 Å². The smallest absolute Gasteiger partial charge is 0.253 e. The molecule has 0 saturated heterocycles. The maximum atomic E-state index is 12.1. The molecule has 0 aliphatic rings. The van der Waals surface area contributed by atoms with Crippen LogP contribution in [0.25, 0.3) is 0 Å². The van der Waals surface area contributed by atoms with Crippen molar-refractivity contribution in [2.45, 2.75) is 13.3 Å². The third kappa shape index (κ3) is 3.91. The molecule has 0 aliphatic carbocycles. The summed E-state index contributed by atoms with van der Waals surface area (Å²) in [5.74, 6) is 0.438. The van der Waals surface area contributed by atoms with Gasteiger partial charge in [-0.25, -0.2) is 9.97 Å². The second-order valence-electron chi connectivity index (χ2n) is 4.07. The fourth-order valence-electron chi connectivity index (χ4n) is 1.65. The molecule has 0 saturated carbocycles. The molecule has 2 N–H and O–H groups in total.